The summed E-state index contributed by atoms with van der Waals surface area (Å²) >= 11 is 0. The van der Waals surface area contributed by atoms with Crippen LogP contribution >= 0.6 is 0 Å². The van der Waals surface area contributed by atoms with Crippen molar-refractivity contribution in [2.45, 2.75) is 19.8 Å². The first kappa shape index (κ1) is 38.0. The van der Waals surface area contributed by atoms with Crippen molar-refractivity contribution in [3.63, 3.8) is 0 Å². The molecule has 0 aliphatic heterocycles. The van der Waals surface area contributed by atoms with E-state index in [0.717, 1.165) is 19.4 Å². The third-order valence-corrected chi connectivity index (χ3v) is 4.59. The molecule has 0 bridgehead atoms. The van der Waals surface area contributed by atoms with Gasteiger partial charge in [0, 0.05) is 6.61 Å². The van der Waals surface area contributed by atoms with Gasteiger partial charge in [-0.25, -0.2) is 4.79 Å². The minimum absolute atomic E-state index is 0.245. The molecule has 0 spiro atoms. The van der Waals surface area contributed by atoms with E-state index in [1.807, 2.05) is 0 Å². The maximum Gasteiger partial charge on any atom is 0.329 e. The van der Waals surface area contributed by atoms with Gasteiger partial charge in [0.2, 0.25) is 0 Å². The van der Waals surface area contributed by atoms with Gasteiger partial charge in [-0.2, -0.15) is 0 Å². The zero-order valence-corrected chi connectivity index (χ0v) is 23.8. The number of ether oxygens (including phenoxy) is 11. The SMILES string of the molecule is CCCCOCCOCCOCCOCCOCCOCCOCCOCCOCCOCCOCC(=O)O. The maximum atomic E-state index is 10.2. The smallest absolute Gasteiger partial charge is 0.329 e. The number of carboxylic acid groups (broad SMARTS) is 1. The molecule has 0 rings (SSSR count). The minimum Gasteiger partial charge on any atom is -0.480 e. The third kappa shape index (κ3) is 37.0. The normalized spacial score (nSPS) is 11.4. The van der Waals surface area contributed by atoms with E-state index >= 15 is 0 Å². The fourth-order valence-electron chi connectivity index (χ4n) is 2.61. The quantitative estimate of drug-likeness (QED) is 0.108. The largest absolute Gasteiger partial charge is 0.480 e. The Balaban J connectivity index is 3.02. The number of unbranched alkanes of at least 4 members (excludes halogenated alkanes) is 1. The van der Waals surface area contributed by atoms with Crippen molar-refractivity contribution in [2.75, 3.05) is 145 Å². The van der Waals surface area contributed by atoms with Crippen molar-refractivity contribution in [1.82, 2.24) is 0 Å². The lowest BCUT2D eigenvalue weighted by molar-refractivity contribution is -0.142. The van der Waals surface area contributed by atoms with Gasteiger partial charge < -0.3 is 57.2 Å². The molecule has 0 aromatic heterocycles. The highest BCUT2D eigenvalue weighted by atomic mass is 16.6. The van der Waals surface area contributed by atoms with Crippen LogP contribution in [0, 0.1) is 0 Å². The van der Waals surface area contributed by atoms with E-state index in [0.29, 0.717) is 126 Å². The average molecular weight is 573 g/mol. The molecule has 0 aromatic rings. The highest BCUT2D eigenvalue weighted by Gasteiger charge is 1.97. The molecule has 0 aromatic carbocycles. The van der Waals surface area contributed by atoms with Gasteiger partial charge in [-0.3, -0.25) is 0 Å². The fraction of sp³-hybridized carbons (Fsp3) is 0.962. The van der Waals surface area contributed by atoms with Crippen molar-refractivity contribution in [3.05, 3.63) is 0 Å². The lowest BCUT2D eigenvalue weighted by Crippen LogP contribution is -2.15. The van der Waals surface area contributed by atoms with Crippen LogP contribution < -0.4 is 0 Å². The van der Waals surface area contributed by atoms with Crippen LogP contribution in [0.5, 0.6) is 0 Å². The van der Waals surface area contributed by atoms with Crippen molar-refractivity contribution in [2.24, 2.45) is 0 Å². The van der Waals surface area contributed by atoms with Crippen LogP contribution in [0.2, 0.25) is 0 Å². The van der Waals surface area contributed by atoms with Crippen molar-refractivity contribution in [3.8, 4) is 0 Å². The third-order valence-electron chi connectivity index (χ3n) is 4.59. The zero-order chi connectivity index (χ0) is 28.3. The molecule has 234 valence electrons. The summed E-state index contributed by atoms with van der Waals surface area (Å²) in [5.74, 6) is -0.994. The van der Waals surface area contributed by atoms with Crippen molar-refractivity contribution in [1.29, 1.82) is 0 Å². The van der Waals surface area contributed by atoms with Crippen LogP contribution in [-0.2, 0) is 56.9 Å². The average Bonchev–Trinajstić information content (AvgIpc) is 2.93. The van der Waals surface area contributed by atoms with E-state index in [2.05, 4.69) is 6.92 Å². The summed E-state index contributed by atoms with van der Waals surface area (Å²) in [7, 11) is 0. The number of hydrogen-bond donors (Lipinski definition) is 1. The molecule has 0 fully saturated rings. The summed E-state index contributed by atoms with van der Waals surface area (Å²) in [5.41, 5.74) is 0. The van der Waals surface area contributed by atoms with E-state index in [4.69, 9.17) is 57.2 Å². The van der Waals surface area contributed by atoms with Crippen molar-refractivity contribution >= 4 is 5.97 Å². The number of aliphatic carboxylic acids is 1. The van der Waals surface area contributed by atoms with Crippen molar-refractivity contribution < 1.29 is 62.0 Å². The molecule has 0 saturated heterocycles. The Morgan fingerprint density at radius 2 is 0.590 bits per heavy atom. The van der Waals surface area contributed by atoms with Gasteiger partial charge in [0.1, 0.15) is 6.61 Å². The highest BCUT2D eigenvalue weighted by Crippen LogP contribution is 1.89. The topological polar surface area (TPSA) is 139 Å². The summed E-state index contributed by atoms with van der Waals surface area (Å²) in [6.45, 7) is 12.4. The van der Waals surface area contributed by atoms with Crippen LogP contribution in [0.4, 0.5) is 0 Å². The first-order chi connectivity index (χ1) is 19.3. The summed E-state index contributed by atoms with van der Waals surface area (Å²) in [4.78, 5) is 10.2. The lowest BCUT2D eigenvalue weighted by atomic mass is 10.4. The molecule has 0 atom stereocenters. The molecule has 13 heteroatoms. The highest BCUT2D eigenvalue weighted by molar-refractivity contribution is 5.67. The number of hydrogen-bond acceptors (Lipinski definition) is 12. The van der Waals surface area contributed by atoms with Gasteiger partial charge in [-0.1, -0.05) is 13.3 Å². The number of rotatable bonds is 35. The van der Waals surface area contributed by atoms with Crippen LogP contribution in [0.25, 0.3) is 0 Å². The molecule has 13 nitrogen and oxygen atoms in total. The summed E-state index contributed by atoms with van der Waals surface area (Å²) in [5, 5.41) is 8.41. The Morgan fingerprint density at radius 1 is 0.385 bits per heavy atom. The second kappa shape index (κ2) is 35.1. The summed E-state index contributed by atoms with van der Waals surface area (Å²) in [6.07, 6.45) is 2.23. The standard InChI is InChI=1S/C26H52O13/c1-2-3-4-29-5-6-30-7-8-31-9-10-32-11-12-33-13-14-34-15-16-35-17-18-36-19-20-37-21-22-38-23-24-39-25-26(27)28/h2-25H2,1H3,(H,27,28). The second-order valence-corrected chi connectivity index (χ2v) is 7.92. The Labute approximate surface area is 233 Å². The Morgan fingerprint density at radius 3 is 0.795 bits per heavy atom. The molecule has 0 radical (unpaired) electrons. The minimum atomic E-state index is -0.994. The predicted molar refractivity (Wildman–Crippen MR) is 142 cm³/mol. The Hall–Kier alpha value is -0.970. The van der Waals surface area contributed by atoms with Gasteiger partial charge in [0.25, 0.3) is 0 Å². The van der Waals surface area contributed by atoms with Crippen LogP contribution in [-0.4, -0.2) is 156 Å². The molecule has 0 aliphatic rings. The molecule has 0 aliphatic carbocycles. The lowest BCUT2D eigenvalue weighted by Gasteiger charge is -2.09. The molecule has 1 N–H and O–H groups in total. The first-order valence-electron chi connectivity index (χ1n) is 13.8. The molecule has 0 saturated carbocycles. The molecular formula is C26H52O13. The molecule has 0 amide bonds. The number of carbonyl (C=O) groups is 1. The maximum absolute atomic E-state index is 10.2. The zero-order valence-electron chi connectivity index (χ0n) is 23.8. The second-order valence-electron chi connectivity index (χ2n) is 7.92. The van der Waals surface area contributed by atoms with Crippen LogP contribution in [0.3, 0.4) is 0 Å². The van der Waals surface area contributed by atoms with Gasteiger partial charge in [-0.05, 0) is 6.42 Å². The van der Waals surface area contributed by atoms with E-state index < -0.39 is 5.97 Å². The van der Waals surface area contributed by atoms with E-state index in [9.17, 15) is 4.79 Å². The Kier molecular flexibility index (Phi) is 34.2. The molecule has 39 heavy (non-hydrogen) atoms. The fourth-order valence-corrected chi connectivity index (χ4v) is 2.61. The van der Waals surface area contributed by atoms with Gasteiger partial charge in [-0.15, -0.1) is 0 Å². The van der Waals surface area contributed by atoms with Gasteiger partial charge in [0.05, 0.1) is 132 Å². The molecular weight excluding hydrogens is 520 g/mol. The molecule has 0 unspecified atom stereocenters. The van der Waals surface area contributed by atoms with E-state index in [1.54, 1.807) is 0 Å². The monoisotopic (exact) mass is 572 g/mol. The van der Waals surface area contributed by atoms with E-state index in [1.165, 1.54) is 0 Å². The first-order valence-corrected chi connectivity index (χ1v) is 13.8. The predicted octanol–water partition coefficient (Wildman–Crippen LogP) is 1.05. The van der Waals surface area contributed by atoms with Gasteiger partial charge in [0.15, 0.2) is 0 Å². The summed E-state index contributed by atoms with van der Waals surface area (Å²) < 4.78 is 58.9. The van der Waals surface area contributed by atoms with E-state index in [-0.39, 0.29) is 13.2 Å². The number of carboxylic acids is 1. The van der Waals surface area contributed by atoms with Gasteiger partial charge >= 0.3 is 5.97 Å². The Bertz CT molecular complexity index is 471. The van der Waals surface area contributed by atoms with Crippen LogP contribution in [0.1, 0.15) is 19.8 Å². The summed E-state index contributed by atoms with van der Waals surface area (Å²) in [6, 6.07) is 0. The molecule has 0 heterocycles. The van der Waals surface area contributed by atoms with Crippen LogP contribution in [0.15, 0.2) is 0 Å².